The van der Waals surface area contributed by atoms with Gasteiger partial charge < -0.3 is 11.1 Å². The number of rotatable bonds is 4. The molecule has 1 aromatic carbocycles. The van der Waals surface area contributed by atoms with Gasteiger partial charge in [0.15, 0.2) is 5.16 Å². The number of hydrogen-bond acceptors (Lipinski definition) is 5. The van der Waals surface area contributed by atoms with Crippen molar-refractivity contribution in [1.29, 1.82) is 0 Å². The Morgan fingerprint density at radius 2 is 2.09 bits per heavy atom. The lowest BCUT2D eigenvalue weighted by atomic mass is 10.1. The van der Waals surface area contributed by atoms with Gasteiger partial charge in [-0.25, -0.2) is 9.97 Å². The van der Waals surface area contributed by atoms with Crippen molar-refractivity contribution in [3.63, 3.8) is 0 Å². The first-order valence-corrected chi connectivity index (χ1v) is 8.55. The molecule has 5 nitrogen and oxygen atoms in total. The number of nitrogens with zero attached hydrogens (tertiary/aromatic N) is 2. The molecule has 2 aromatic rings. The van der Waals surface area contributed by atoms with Crippen molar-refractivity contribution in [2.24, 2.45) is 11.7 Å². The van der Waals surface area contributed by atoms with Gasteiger partial charge >= 0.3 is 0 Å². The van der Waals surface area contributed by atoms with Crippen LogP contribution >= 0.6 is 11.8 Å². The fourth-order valence-electron chi connectivity index (χ4n) is 2.77. The van der Waals surface area contributed by atoms with Gasteiger partial charge in [-0.05, 0) is 67.8 Å². The van der Waals surface area contributed by atoms with Crippen LogP contribution in [0, 0.1) is 12.8 Å². The molecule has 0 radical (unpaired) electrons. The van der Waals surface area contributed by atoms with Crippen LogP contribution in [0.5, 0.6) is 0 Å². The van der Waals surface area contributed by atoms with Crippen LogP contribution in [0.4, 0.5) is 5.69 Å². The van der Waals surface area contributed by atoms with Gasteiger partial charge in [0, 0.05) is 34.9 Å². The maximum Gasteiger partial charge on any atom is 0.227 e. The Kier molecular flexibility index (Phi) is 4.93. The summed E-state index contributed by atoms with van der Waals surface area (Å²) < 4.78 is 0. The topological polar surface area (TPSA) is 80.9 Å². The Bertz CT molecular complexity index is 692. The van der Waals surface area contributed by atoms with Crippen LogP contribution in [0.3, 0.4) is 0 Å². The van der Waals surface area contributed by atoms with Gasteiger partial charge in [-0.2, -0.15) is 0 Å². The van der Waals surface area contributed by atoms with Crippen LogP contribution in [0.15, 0.2) is 46.7 Å². The molecule has 1 fully saturated rings. The summed E-state index contributed by atoms with van der Waals surface area (Å²) in [5.41, 5.74) is 7.77. The normalized spacial score (nSPS) is 20.4. The van der Waals surface area contributed by atoms with Crippen LogP contribution in [-0.4, -0.2) is 21.9 Å². The second kappa shape index (κ2) is 7.10. The molecule has 3 rings (SSSR count). The number of carbonyl (C=O) groups is 1. The third-order valence-electron chi connectivity index (χ3n) is 4.05. The van der Waals surface area contributed by atoms with E-state index in [1.807, 2.05) is 25.1 Å². The fourth-order valence-corrected chi connectivity index (χ4v) is 3.58. The molecule has 1 aromatic heterocycles. The van der Waals surface area contributed by atoms with Crippen molar-refractivity contribution in [3.8, 4) is 0 Å². The first-order valence-electron chi connectivity index (χ1n) is 7.74. The molecular formula is C17H20N4OS. The number of carbonyl (C=O) groups excluding carboxylic acids is 1. The van der Waals surface area contributed by atoms with Gasteiger partial charge in [0.25, 0.3) is 0 Å². The third kappa shape index (κ3) is 4.09. The quantitative estimate of drug-likeness (QED) is 0.843. The largest absolute Gasteiger partial charge is 0.328 e. The fraction of sp³-hybridized carbons (Fsp3) is 0.353. The molecule has 1 aliphatic carbocycles. The Balaban J connectivity index is 1.66. The summed E-state index contributed by atoms with van der Waals surface area (Å²) in [5.74, 6) is 0.115. The van der Waals surface area contributed by atoms with Crippen LogP contribution in [0.2, 0.25) is 0 Å². The number of amides is 1. The lowest BCUT2D eigenvalue weighted by Gasteiger charge is -2.13. The molecule has 6 heteroatoms. The zero-order chi connectivity index (χ0) is 16.2. The van der Waals surface area contributed by atoms with E-state index in [9.17, 15) is 4.79 Å². The van der Waals surface area contributed by atoms with Crippen LogP contribution < -0.4 is 11.1 Å². The van der Waals surface area contributed by atoms with Crippen molar-refractivity contribution in [1.82, 2.24) is 9.97 Å². The van der Waals surface area contributed by atoms with E-state index in [1.165, 1.54) is 11.8 Å². The molecule has 1 saturated carbocycles. The average Bonchev–Trinajstić information content (AvgIpc) is 2.98. The molecule has 2 atom stereocenters. The predicted octanol–water partition coefficient (Wildman–Crippen LogP) is 3.00. The Labute approximate surface area is 140 Å². The highest BCUT2D eigenvalue weighted by atomic mass is 32.2. The first kappa shape index (κ1) is 16.0. The van der Waals surface area contributed by atoms with Crippen LogP contribution in [0.1, 0.15) is 24.8 Å². The minimum absolute atomic E-state index is 0.0381. The van der Waals surface area contributed by atoms with Crippen LogP contribution in [0.25, 0.3) is 0 Å². The Morgan fingerprint density at radius 1 is 1.30 bits per heavy atom. The molecule has 3 N–H and O–H groups in total. The van der Waals surface area contributed by atoms with E-state index in [0.29, 0.717) is 5.16 Å². The van der Waals surface area contributed by atoms with Gasteiger partial charge in [-0.3, -0.25) is 4.79 Å². The zero-order valence-corrected chi connectivity index (χ0v) is 13.8. The van der Waals surface area contributed by atoms with Gasteiger partial charge in [-0.15, -0.1) is 0 Å². The summed E-state index contributed by atoms with van der Waals surface area (Å²) in [6.07, 6.45) is 6.05. The number of aryl methyl sites for hydroxylation is 1. The maximum atomic E-state index is 12.3. The van der Waals surface area contributed by atoms with E-state index in [0.717, 1.165) is 35.4 Å². The maximum absolute atomic E-state index is 12.3. The molecule has 0 aliphatic heterocycles. The summed E-state index contributed by atoms with van der Waals surface area (Å²) in [7, 11) is 0. The highest BCUT2D eigenvalue weighted by molar-refractivity contribution is 7.99. The summed E-state index contributed by atoms with van der Waals surface area (Å²) >= 11 is 1.50. The smallest absolute Gasteiger partial charge is 0.227 e. The molecule has 1 heterocycles. The molecule has 0 bridgehead atoms. The molecule has 23 heavy (non-hydrogen) atoms. The summed E-state index contributed by atoms with van der Waals surface area (Å²) in [6.45, 7) is 1.99. The van der Waals surface area contributed by atoms with E-state index in [2.05, 4.69) is 15.3 Å². The van der Waals surface area contributed by atoms with Gasteiger partial charge in [0.1, 0.15) is 0 Å². The number of benzene rings is 1. The van der Waals surface area contributed by atoms with E-state index < -0.39 is 0 Å². The van der Waals surface area contributed by atoms with Gasteiger partial charge in [-0.1, -0.05) is 0 Å². The average molecular weight is 328 g/mol. The molecule has 120 valence electrons. The van der Waals surface area contributed by atoms with Gasteiger partial charge in [0.05, 0.1) is 0 Å². The molecule has 1 aliphatic rings. The van der Waals surface area contributed by atoms with E-state index in [4.69, 9.17) is 5.73 Å². The molecule has 0 spiro atoms. The highest BCUT2D eigenvalue weighted by Crippen LogP contribution is 2.29. The second-order valence-electron chi connectivity index (χ2n) is 5.87. The van der Waals surface area contributed by atoms with Crippen molar-refractivity contribution in [2.75, 3.05) is 5.32 Å². The van der Waals surface area contributed by atoms with Crippen LogP contribution in [-0.2, 0) is 4.79 Å². The zero-order valence-electron chi connectivity index (χ0n) is 13.0. The minimum atomic E-state index is 0.0381. The molecule has 1 amide bonds. The molecular weight excluding hydrogens is 308 g/mol. The number of anilines is 1. The van der Waals surface area contributed by atoms with Crippen molar-refractivity contribution >= 4 is 23.4 Å². The lowest BCUT2D eigenvalue weighted by molar-refractivity contribution is -0.119. The summed E-state index contributed by atoms with van der Waals surface area (Å²) in [4.78, 5) is 21.8. The van der Waals surface area contributed by atoms with Crippen molar-refractivity contribution in [3.05, 3.63) is 42.2 Å². The predicted molar refractivity (Wildman–Crippen MR) is 91.3 cm³/mol. The lowest BCUT2D eigenvalue weighted by Crippen LogP contribution is -2.23. The Morgan fingerprint density at radius 3 is 2.74 bits per heavy atom. The number of aromatic nitrogens is 2. The number of nitrogens with one attached hydrogen (secondary N) is 1. The summed E-state index contributed by atoms with van der Waals surface area (Å²) in [6, 6.07) is 7.91. The highest BCUT2D eigenvalue weighted by Gasteiger charge is 2.27. The Hall–Kier alpha value is -1.92. The standard InChI is InChI=1S/C17H20N4OS/c1-11-9-14(23-17-19-7-2-8-20-17)5-6-15(11)21-16(22)12-3-4-13(18)10-12/h2,5-9,12-13H,3-4,10,18H2,1H3,(H,21,22). The van der Waals surface area contributed by atoms with Crippen molar-refractivity contribution in [2.45, 2.75) is 42.3 Å². The monoisotopic (exact) mass is 328 g/mol. The van der Waals surface area contributed by atoms with E-state index in [-0.39, 0.29) is 17.9 Å². The van der Waals surface area contributed by atoms with Crippen molar-refractivity contribution < 1.29 is 4.79 Å². The van der Waals surface area contributed by atoms with E-state index in [1.54, 1.807) is 18.5 Å². The third-order valence-corrected chi connectivity index (χ3v) is 4.93. The minimum Gasteiger partial charge on any atom is -0.328 e. The van der Waals surface area contributed by atoms with Gasteiger partial charge in [0.2, 0.25) is 5.91 Å². The summed E-state index contributed by atoms with van der Waals surface area (Å²) in [5, 5.41) is 3.74. The number of nitrogens with two attached hydrogens (primary N) is 1. The first-order chi connectivity index (χ1) is 11.1. The van der Waals surface area contributed by atoms with E-state index >= 15 is 0 Å². The SMILES string of the molecule is Cc1cc(Sc2ncccn2)ccc1NC(=O)C1CCC(N)C1. The second-order valence-corrected chi connectivity index (χ2v) is 6.91. The number of hydrogen-bond donors (Lipinski definition) is 2. The molecule has 0 saturated heterocycles. The molecule has 2 unspecified atom stereocenters.